The summed E-state index contributed by atoms with van der Waals surface area (Å²) in [5.41, 5.74) is 0. The number of hydrogen-bond donors (Lipinski definition) is 4. The van der Waals surface area contributed by atoms with Crippen LogP contribution in [0.2, 0.25) is 0 Å². The van der Waals surface area contributed by atoms with Crippen molar-refractivity contribution in [1.82, 2.24) is 0 Å². The zero-order chi connectivity index (χ0) is 50.1. The second kappa shape index (κ2) is 48.8. The first-order valence-corrected chi connectivity index (χ1v) is 28.0. The lowest BCUT2D eigenvalue weighted by Gasteiger charge is -2.39. The second-order valence-electron chi connectivity index (χ2n) is 19.0. The van der Waals surface area contributed by atoms with Gasteiger partial charge in [-0.05, 0) is 83.5 Å². The lowest BCUT2D eigenvalue weighted by molar-refractivity contribution is -0.305. The standard InChI is InChI=1S/C59H102O10/c1-3-5-7-9-11-13-15-17-19-21-23-25-26-28-30-32-34-36-38-40-42-44-46-48-55(62)68-52(51-67-59-58(65)57(64)56(63)53(49-60)69-59)50-66-54(61)47-45-43-41-39-37-35-33-31-29-27-24-22-20-18-16-14-12-10-8-6-4-2/h20,22,27,29,32-35,39-42,52-53,56-60,63-65H,3-19,21,23-26,28,30-31,36-38,43-51H2,1-2H3/b22-20+,29-27+,34-32+,35-33+,41-39+,42-40+/t52-,53-,56+,57?,58?,59-/m1/s1. The fraction of sp³-hybridized carbons (Fsp3) is 0.763. The molecule has 1 aliphatic rings. The van der Waals surface area contributed by atoms with Gasteiger partial charge in [-0.2, -0.15) is 0 Å². The van der Waals surface area contributed by atoms with Crippen molar-refractivity contribution in [3.8, 4) is 0 Å². The highest BCUT2D eigenvalue weighted by Crippen LogP contribution is 2.23. The van der Waals surface area contributed by atoms with Gasteiger partial charge in [0.2, 0.25) is 0 Å². The van der Waals surface area contributed by atoms with E-state index in [1.807, 2.05) is 0 Å². The van der Waals surface area contributed by atoms with E-state index in [0.29, 0.717) is 12.8 Å². The van der Waals surface area contributed by atoms with E-state index in [2.05, 4.69) is 86.8 Å². The van der Waals surface area contributed by atoms with Gasteiger partial charge in [0.15, 0.2) is 12.4 Å². The Labute approximate surface area is 421 Å². The first kappa shape index (κ1) is 64.2. The number of unbranched alkanes of at least 4 members (excludes halogenated alkanes) is 24. The van der Waals surface area contributed by atoms with Crippen molar-refractivity contribution in [2.75, 3.05) is 19.8 Å². The molecule has 398 valence electrons. The molecular formula is C59H102O10. The predicted molar refractivity (Wildman–Crippen MR) is 284 cm³/mol. The van der Waals surface area contributed by atoms with Crippen LogP contribution in [0.15, 0.2) is 72.9 Å². The number of aliphatic hydroxyl groups is 4. The summed E-state index contributed by atoms with van der Waals surface area (Å²) in [5, 5.41) is 40.3. The summed E-state index contributed by atoms with van der Waals surface area (Å²) in [6, 6.07) is 0. The van der Waals surface area contributed by atoms with E-state index in [9.17, 15) is 30.0 Å². The third-order valence-corrected chi connectivity index (χ3v) is 12.5. The topological polar surface area (TPSA) is 152 Å². The predicted octanol–water partition coefficient (Wildman–Crippen LogP) is 13.9. The van der Waals surface area contributed by atoms with E-state index >= 15 is 0 Å². The van der Waals surface area contributed by atoms with Gasteiger partial charge >= 0.3 is 11.9 Å². The summed E-state index contributed by atoms with van der Waals surface area (Å²) in [5.74, 6) is -0.920. The highest BCUT2D eigenvalue weighted by Gasteiger charge is 2.44. The lowest BCUT2D eigenvalue weighted by Crippen LogP contribution is -2.59. The van der Waals surface area contributed by atoms with Gasteiger partial charge in [0.25, 0.3) is 0 Å². The minimum atomic E-state index is -1.61. The largest absolute Gasteiger partial charge is 0.462 e. The first-order chi connectivity index (χ1) is 33.8. The van der Waals surface area contributed by atoms with Crippen LogP contribution in [0.1, 0.15) is 232 Å². The highest BCUT2D eigenvalue weighted by molar-refractivity contribution is 5.70. The van der Waals surface area contributed by atoms with Gasteiger partial charge in [-0.1, -0.05) is 209 Å². The Balaban J connectivity index is 2.30. The van der Waals surface area contributed by atoms with Gasteiger partial charge < -0.3 is 39.4 Å². The van der Waals surface area contributed by atoms with Crippen LogP contribution in [-0.2, 0) is 28.5 Å². The number of ether oxygens (including phenoxy) is 4. The highest BCUT2D eigenvalue weighted by atomic mass is 16.7. The van der Waals surface area contributed by atoms with Crippen molar-refractivity contribution >= 4 is 11.9 Å². The van der Waals surface area contributed by atoms with Crippen LogP contribution in [-0.4, -0.2) is 89.0 Å². The Morgan fingerprint density at radius 3 is 1.28 bits per heavy atom. The third-order valence-electron chi connectivity index (χ3n) is 12.5. The zero-order valence-corrected chi connectivity index (χ0v) is 43.8. The summed E-state index contributed by atoms with van der Waals surface area (Å²) in [6.07, 6.45) is 56.5. The van der Waals surface area contributed by atoms with Crippen LogP contribution < -0.4 is 0 Å². The summed E-state index contributed by atoms with van der Waals surface area (Å²) in [4.78, 5) is 25.5. The Bertz CT molecular complexity index is 1350. The van der Waals surface area contributed by atoms with Gasteiger partial charge in [0.05, 0.1) is 13.2 Å². The molecule has 6 atom stereocenters. The number of rotatable bonds is 47. The molecule has 69 heavy (non-hydrogen) atoms. The van der Waals surface area contributed by atoms with Crippen molar-refractivity contribution in [2.45, 2.75) is 269 Å². The van der Waals surface area contributed by atoms with Crippen LogP contribution in [0.5, 0.6) is 0 Å². The molecule has 0 aliphatic carbocycles. The van der Waals surface area contributed by atoms with Crippen LogP contribution >= 0.6 is 0 Å². The maximum absolute atomic E-state index is 12.8. The molecule has 0 aromatic heterocycles. The van der Waals surface area contributed by atoms with Crippen molar-refractivity contribution in [1.29, 1.82) is 0 Å². The number of allylic oxidation sites excluding steroid dienone is 12. The monoisotopic (exact) mass is 971 g/mol. The Morgan fingerprint density at radius 1 is 0.449 bits per heavy atom. The second-order valence-corrected chi connectivity index (χ2v) is 19.0. The average Bonchev–Trinajstić information content (AvgIpc) is 3.35. The van der Waals surface area contributed by atoms with E-state index in [4.69, 9.17) is 18.9 Å². The van der Waals surface area contributed by atoms with Crippen LogP contribution in [0, 0.1) is 0 Å². The summed E-state index contributed by atoms with van der Waals surface area (Å²) >= 11 is 0. The van der Waals surface area contributed by atoms with Crippen LogP contribution in [0.3, 0.4) is 0 Å². The Morgan fingerprint density at radius 2 is 0.826 bits per heavy atom. The van der Waals surface area contributed by atoms with Gasteiger partial charge in [0, 0.05) is 12.8 Å². The number of aliphatic hydroxyl groups excluding tert-OH is 4. The number of hydrogen-bond acceptors (Lipinski definition) is 10. The molecule has 10 nitrogen and oxygen atoms in total. The van der Waals surface area contributed by atoms with Crippen molar-refractivity contribution in [3.05, 3.63) is 72.9 Å². The van der Waals surface area contributed by atoms with Crippen molar-refractivity contribution in [3.63, 3.8) is 0 Å². The molecule has 1 rings (SSSR count). The normalized spacial score (nSPS) is 19.4. The lowest BCUT2D eigenvalue weighted by atomic mass is 9.99. The molecule has 1 fully saturated rings. The maximum Gasteiger partial charge on any atom is 0.306 e. The summed E-state index contributed by atoms with van der Waals surface area (Å²) < 4.78 is 22.2. The van der Waals surface area contributed by atoms with Gasteiger partial charge in [0.1, 0.15) is 31.0 Å². The summed E-state index contributed by atoms with van der Waals surface area (Å²) in [6.45, 7) is 3.36. The van der Waals surface area contributed by atoms with E-state index in [-0.39, 0.29) is 26.1 Å². The molecule has 10 heteroatoms. The molecule has 0 radical (unpaired) electrons. The van der Waals surface area contributed by atoms with Crippen LogP contribution in [0.4, 0.5) is 0 Å². The smallest absolute Gasteiger partial charge is 0.306 e. The molecule has 1 saturated heterocycles. The third kappa shape index (κ3) is 39.4. The SMILES string of the molecule is CCCCCCCCC/C=C/C/C=C/C/C=C/C/C=C/CCCC(=O)OC[C@H](CO[C@@H]1O[C@H](CO)[C@H](O)C(O)C1O)OC(=O)CCC/C=C/CC/C=C/CCCCCCCCCCCCCCCC. The quantitative estimate of drug-likeness (QED) is 0.0263. The zero-order valence-electron chi connectivity index (χ0n) is 43.8. The molecule has 1 aliphatic heterocycles. The molecule has 0 amide bonds. The molecular weight excluding hydrogens is 869 g/mol. The minimum Gasteiger partial charge on any atom is -0.462 e. The Hall–Kier alpha value is -2.86. The molecule has 0 spiro atoms. The van der Waals surface area contributed by atoms with Gasteiger partial charge in [-0.15, -0.1) is 0 Å². The van der Waals surface area contributed by atoms with Crippen molar-refractivity contribution < 1.29 is 49.0 Å². The van der Waals surface area contributed by atoms with Gasteiger partial charge in [-0.25, -0.2) is 0 Å². The maximum atomic E-state index is 12.8. The summed E-state index contributed by atoms with van der Waals surface area (Å²) in [7, 11) is 0. The van der Waals surface area contributed by atoms with Crippen molar-refractivity contribution in [2.24, 2.45) is 0 Å². The van der Waals surface area contributed by atoms with Crippen LogP contribution in [0.25, 0.3) is 0 Å². The minimum absolute atomic E-state index is 0.156. The fourth-order valence-electron chi connectivity index (χ4n) is 8.14. The number of carbonyl (C=O) groups excluding carboxylic acids is 2. The average molecular weight is 971 g/mol. The van der Waals surface area contributed by atoms with E-state index in [0.717, 1.165) is 51.4 Å². The first-order valence-electron chi connectivity index (χ1n) is 28.0. The fourth-order valence-corrected chi connectivity index (χ4v) is 8.14. The van der Waals surface area contributed by atoms with E-state index < -0.39 is 55.4 Å². The molecule has 0 bridgehead atoms. The molecule has 4 N–H and O–H groups in total. The van der Waals surface area contributed by atoms with E-state index in [1.165, 1.54) is 141 Å². The number of carbonyl (C=O) groups is 2. The Kier molecular flexibility index (Phi) is 45.3. The number of esters is 2. The van der Waals surface area contributed by atoms with Gasteiger partial charge in [-0.3, -0.25) is 9.59 Å². The molecule has 1 heterocycles. The molecule has 0 saturated carbocycles. The molecule has 2 unspecified atom stereocenters. The molecule has 0 aromatic carbocycles. The molecule has 0 aromatic rings. The van der Waals surface area contributed by atoms with E-state index in [1.54, 1.807) is 0 Å².